The summed E-state index contributed by atoms with van der Waals surface area (Å²) in [6.45, 7) is 7.63. The average molecular weight is 509 g/mol. The number of hydrogen-bond donors (Lipinski definition) is 4. The molecule has 3 rings (SSSR count). The number of esters is 2. The van der Waals surface area contributed by atoms with Crippen molar-refractivity contribution in [2.45, 2.75) is 45.6 Å². The minimum atomic E-state index is -0.974. The highest BCUT2D eigenvalue weighted by Gasteiger charge is 2.24. The van der Waals surface area contributed by atoms with Gasteiger partial charge in [0.1, 0.15) is 17.5 Å². The third kappa shape index (κ3) is 7.29. The first-order chi connectivity index (χ1) is 17.7. The Morgan fingerprint density at radius 2 is 1.76 bits per heavy atom. The maximum Gasteiger partial charge on any atom is 0.328 e. The van der Waals surface area contributed by atoms with Crippen LogP contribution in [0.15, 0.2) is 42.6 Å². The Bertz CT molecular complexity index is 1280. The zero-order chi connectivity index (χ0) is 26.9. The molecule has 0 aliphatic carbocycles. The largest absolute Gasteiger partial charge is 0.466 e. The molecule has 0 bridgehead atoms. The van der Waals surface area contributed by atoms with E-state index in [1.165, 1.54) is 0 Å². The number of aryl methyl sites for hydroxylation is 2. The molecule has 1 unspecified atom stereocenters. The smallest absolute Gasteiger partial charge is 0.328 e. The molecule has 6 N–H and O–H groups in total. The molecule has 37 heavy (non-hydrogen) atoms. The molecule has 1 atom stereocenters. The fourth-order valence-corrected chi connectivity index (χ4v) is 3.90. The first-order valence-corrected chi connectivity index (χ1v) is 12.0. The predicted molar refractivity (Wildman–Crippen MR) is 139 cm³/mol. The van der Waals surface area contributed by atoms with E-state index in [0.717, 1.165) is 16.5 Å². The summed E-state index contributed by atoms with van der Waals surface area (Å²) < 4.78 is 10.0. The van der Waals surface area contributed by atoms with E-state index < -0.39 is 23.9 Å². The summed E-state index contributed by atoms with van der Waals surface area (Å²) in [5.41, 5.74) is 15.1. The van der Waals surface area contributed by atoms with Crippen LogP contribution >= 0.6 is 0 Å². The van der Waals surface area contributed by atoms with E-state index in [1.54, 1.807) is 26.0 Å². The number of H-pyrrole nitrogens is 1. The molecule has 1 amide bonds. The van der Waals surface area contributed by atoms with Gasteiger partial charge in [0.15, 0.2) is 0 Å². The number of carbonyl (C=O) groups excluding carboxylic acids is 3. The molecule has 11 nitrogen and oxygen atoms in total. The topological polar surface area (TPSA) is 175 Å². The van der Waals surface area contributed by atoms with Gasteiger partial charge < -0.3 is 31.2 Å². The highest BCUT2D eigenvalue weighted by atomic mass is 16.5. The van der Waals surface area contributed by atoms with E-state index in [4.69, 9.17) is 20.9 Å². The van der Waals surface area contributed by atoms with Crippen LogP contribution in [0.1, 0.15) is 48.2 Å². The van der Waals surface area contributed by atoms with Crippen LogP contribution < -0.4 is 16.8 Å². The van der Waals surface area contributed by atoms with Gasteiger partial charge >= 0.3 is 11.9 Å². The third-order valence-corrected chi connectivity index (χ3v) is 5.63. The molecule has 0 radical (unpaired) electrons. The molecule has 0 fully saturated rings. The monoisotopic (exact) mass is 508 g/mol. The van der Waals surface area contributed by atoms with Crippen molar-refractivity contribution >= 4 is 40.6 Å². The van der Waals surface area contributed by atoms with Crippen LogP contribution in [-0.4, -0.2) is 52.1 Å². The van der Waals surface area contributed by atoms with Crippen LogP contribution in [0.3, 0.4) is 0 Å². The summed E-state index contributed by atoms with van der Waals surface area (Å²) >= 11 is 0. The number of nitrogens with zero attached hydrogens (tertiary/aromatic N) is 2. The van der Waals surface area contributed by atoms with Crippen molar-refractivity contribution in [2.75, 3.05) is 24.7 Å². The van der Waals surface area contributed by atoms with Crippen LogP contribution in [0.5, 0.6) is 0 Å². The molecule has 3 aromatic rings. The Morgan fingerprint density at radius 3 is 2.43 bits per heavy atom. The van der Waals surface area contributed by atoms with E-state index in [1.807, 2.05) is 18.3 Å². The lowest BCUT2D eigenvalue weighted by molar-refractivity contribution is -0.146. The van der Waals surface area contributed by atoms with E-state index >= 15 is 0 Å². The molecule has 196 valence electrons. The maximum atomic E-state index is 12.9. The highest BCUT2D eigenvalue weighted by molar-refractivity contribution is 5.97. The van der Waals surface area contributed by atoms with Gasteiger partial charge in [0.2, 0.25) is 5.95 Å². The molecule has 2 aromatic heterocycles. The number of nitrogen functional groups attached to an aromatic ring is 2. The molecular formula is C26H32N6O5. The lowest BCUT2D eigenvalue weighted by atomic mass is 10.0. The average Bonchev–Trinajstić information content (AvgIpc) is 3.25. The van der Waals surface area contributed by atoms with Gasteiger partial charge in [-0.05, 0) is 56.4 Å². The van der Waals surface area contributed by atoms with Crippen LogP contribution in [-0.2, 0) is 31.9 Å². The summed E-state index contributed by atoms with van der Waals surface area (Å²) in [5.74, 6) is -1.04. The van der Waals surface area contributed by atoms with E-state index in [0.29, 0.717) is 35.4 Å². The number of benzene rings is 1. The number of hydrogen-bond acceptors (Lipinski definition) is 9. The van der Waals surface area contributed by atoms with Gasteiger partial charge in [-0.25, -0.2) is 4.79 Å². The van der Waals surface area contributed by atoms with Gasteiger partial charge in [0, 0.05) is 11.8 Å². The third-order valence-electron chi connectivity index (χ3n) is 5.63. The number of nitrogens with two attached hydrogens (primary N) is 2. The van der Waals surface area contributed by atoms with Crippen molar-refractivity contribution in [3.63, 3.8) is 0 Å². The quantitative estimate of drug-likeness (QED) is 0.211. The fraction of sp³-hybridized carbons (Fsp3) is 0.346. The Hall–Kier alpha value is -4.41. The Balaban J connectivity index is 1.62. The van der Waals surface area contributed by atoms with E-state index in [2.05, 4.69) is 26.8 Å². The summed E-state index contributed by atoms with van der Waals surface area (Å²) in [6, 6.07) is 6.10. The second-order valence-electron chi connectivity index (χ2n) is 8.42. The van der Waals surface area contributed by atoms with Gasteiger partial charge in [-0.15, -0.1) is 0 Å². The van der Waals surface area contributed by atoms with Gasteiger partial charge in [0.25, 0.3) is 5.91 Å². The molecule has 0 aliphatic heterocycles. The van der Waals surface area contributed by atoms with Crippen molar-refractivity contribution in [3.05, 3.63) is 59.3 Å². The predicted octanol–water partition coefficient (Wildman–Crippen LogP) is 2.47. The summed E-state index contributed by atoms with van der Waals surface area (Å²) in [6.07, 6.45) is 3.22. The summed E-state index contributed by atoms with van der Waals surface area (Å²) in [4.78, 5) is 48.2. The molecule has 0 saturated carbocycles. The number of rotatable bonds is 12. The first kappa shape index (κ1) is 27.2. The Kier molecular flexibility index (Phi) is 9.20. The minimum absolute atomic E-state index is 0.0457. The molecule has 2 heterocycles. The SMILES string of the molecule is C=C(CC(=O)OCC)CC(NC(=O)c1ccc(CCc2c[nH]c3nc(N)nc(N)c23)cc1)C(=O)OCC. The molecule has 11 heteroatoms. The number of aromatic nitrogens is 3. The number of nitrogens with one attached hydrogen (secondary N) is 2. The fourth-order valence-electron chi connectivity index (χ4n) is 3.90. The zero-order valence-corrected chi connectivity index (χ0v) is 21.0. The molecule has 1 aromatic carbocycles. The van der Waals surface area contributed by atoms with Gasteiger partial charge in [-0.3, -0.25) is 9.59 Å². The van der Waals surface area contributed by atoms with Crippen molar-refractivity contribution in [2.24, 2.45) is 0 Å². The normalized spacial score (nSPS) is 11.6. The molecule has 0 spiro atoms. The number of carbonyl (C=O) groups is 3. The second kappa shape index (κ2) is 12.5. The van der Waals surface area contributed by atoms with Crippen LogP contribution in [0, 0.1) is 0 Å². The van der Waals surface area contributed by atoms with Crippen molar-refractivity contribution in [1.29, 1.82) is 0 Å². The lowest BCUT2D eigenvalue weighted by Gasteiger charge is -2.18. The summed E-state index contributed by atoms with van der Waals surface area (Å²) in [7, 11) is 0. The number of aromatic amines is 1. The minimum Gasteiger partial charge on any atom is -0.466 e. The number of anilines is 2. The maximum absolute atomic E-state index is 12.9. The van der Waals surface area contributed by atoms with Crippen LogP contribution in [0.2, 0.25) is 0 Å². The Labute approximate surface area is 214 Å². The summed E-state index contributed by atoms with van der Waals surface area (Å²) in [5, 5.41) is 3.44. The standard InChI is InChI=1S/C26H32N6O5/c1-4-36-20(33)13-15(3)12-19(25(35)37-5-2)30-24(34)17-9-6-16(7-10-17)8-11-18-14-29-23-21(18)22(27)31-26(28)32-23/h6-7,9-10,14,19H,3-5,8,11-13H2,1-2H3,(H,30,34)(H5,27,28,29,31,32). The van der Waals surface area contributed by atoms with Gasteiger partial charge in [-0.2, -0.15) is 9.97 Å². The van der Waals surface area contributed by atoms with Crippen molar-refractivity contribution < 1.29 is 23.9 Å². The van der Waals surface area contributed by atoms with Crippen molar-refractivity contribution in [1.82, 2.24) is 20.3 Å². The van der Waals surface area contributed by atoms with E-state index in [9.17, 15) is 14.4 Å². The Morgan fingerprint density at radius 1 is 1.05 bits per heavy atom. The zero-order valence-electron chi connectivity index (χ0n) is 21.0. The molecule has 0 saturated heterocycles. The van der Waals surface area contributed by atoms with Crippen LogP contribution in [0.4, 0.5) is 11.8 Å². The van der Waals surface area contributed by atoms with Gasteiger partial charge in [0.05, 0.1) is 25.0 Å². The molecule has 0 aliphatic rings. The number of fused-ring (bicyclic) bond motifs is 1. The van der Waals surface area contributed by atoms with E-state index in [-0.39, 0.29) is 32.0 Å². The molecular weight excluding hydrogens is 476 g/mol. The lowest BCUT2D eigenvalue weighted by Crippen LogP contribution is -2.42. The highest BCUT2D eigenvalue weighted by Crippen LogP contribution is 2.24. The number of ether oxygens (including phenoxy) is 2. The van der Waals surface area contributed by atoms with Crippen molar-refractivity contribution in [3.8, 4) is 0 Å². The van der Waals surface area contributed by atoms with Crippen LogP contribution in [0.25, 0.3) is 11.0 Å². The van der Waals surface area contributed by atoms with Gasteiger partial charge in [-0.1, -0.05) is 24.3 Å². The number of amides is 1. The first-order valence-electron chi connectivity index (χ1n) is 12.0. The second-order valence-corrected chi connectivity index (χ2v) is 8.42.